The molecule has 1 saturated heterocycles. The molecule has 35 heavy (non-hydrogen) atoms. The molecule has 11 heteroatoms. The molecule has 4 heterocycles. The van der Waals surface area contributed by atoms with Crippen molar-refractivity contribution in [2.24, 2.45) is 0 Å². The van der Waals surface area contributed by atoms with Crippen LogP contribution in [0.1, 0.15) is 34.5 Å². The van der Waals surface area contributed by atoms with Crippen molar-refractivity contribution in [3.05, 3.63) is 65.7 Å². The SMILES string of the molecule is CCNc1ccn2ncc(C(=O)Nc3cc(-n4ncc(C5CN(C(=O)OC)C5)n4)ccc3C)c2c1. The summed E-state index contributed by atoms with van der Waals surface area (Å²) in [4.78, 5) is 27.9. The number of ether oxygens (including phenoxy) is 1. The minimum Gasteiger partial charge on any atom is -0.453 e. The van der Waals surface area contributed by atoms with Gasteiger partial charge in [-0.1, -0.05) is 6.07 Å². The summed E-state index contributed by atoms with van der Waals surface area (Å²) in [5, 5.41) is 19.5. The number of hydrogen-bond donors (Lipinski definition) is 2. The van der Waals surface area contributed by atoms with Crippen LogP contribution in [-0.2, 0) is 4.74 Å². The van der Waals surface area contributed by atoms with Crippen molar-refractivity contribution in [2.45, 2.75) is 19.8 Å². The van der Waals surface area contributed by atoms with Crippen LogP contribution in [0.15, 0.2) is 48.9 Å². The van der Waals surface area contributed by atoms with Gasteiger partial charge in [-0.05, 0) is 43.7 Å². The van der Waals surface area contributed by atoms with E-state index >= 15 is 0 Å². The summed E-state index contributed by atoms with van der Waals surface area (Å²) in [6.45, 7) is 5.83. The highest BCUT2D eigenvalue weighted by atomic mass is 16.5. The standard InChI is InChI=1S/C24H26N8O3/c1-4-25-17-7-8-31-22(9-17)19(11-26-31)23(33)28-20-10-18(6-5-15(20)2)32-27-12-21(29-32)16-13-30(14-16)24(34)35-3/h5-12,16,25H,4,13-14H2,1-3H3,(H,28,33). The maximum Gasteiger partial charge on any atom is 0.409 e. The fourth-order valence-electron chi connectivity index (χ4n) is 4.06. The Labute approximate surface area is 201 Å². The first-order valence-electron chi connectivity index (χ1n) is 11.4. The molecule has 0 unspecified atom stereocenters. The average molecular weight is 475 g/mol. The van der Waals surface area contributed by atoms with E-state index in [2.05, 4.69) is 25.9 Å². The van der Waals surface area contributed by atoms with Gasteiger partial charge >= 0.3 is 6.09 Å². The van der Waals surface area contributed by atoms with Gasteiger partial charge in [0.05, 0.1) is 42.0 Å². The number of benzene rings is 1. The highest BCUT2D eigenvalue weighted by molar-refractivity contribution is 6.09. The van der Waals surface area contributed by atoms with Gasteiger partial charge in [0.15, 0.2) is 0 Å². The molecule has 0 spiro atoms. The van der Waals surface area contributed by atoms with Crippen LogP contribution in [0, 0.1) is 6.92 Å². The van der Waals surface area contributed by atoms with Gasteiger partial charge < -0.3 is 20.3 Å². The van der Waals surface area contributed by atoms with E-state index in [9.17, 15) is 9.59 Å². The Kier molecular flexibility index (Phi) is 5.81. The van der Waals surface area contributed by atoms with Gasteiger partial charge in [0.25, 0.3) is 5.91 Å². The van der Waals surface area contributed by atoms with Crippen molar-refractivity contribution < 1.29 is 14.3 Å². The Morgan fingerprint density at radius 3 is 2.74 bits per heavy atom. The number of rotatable bonds is 6. The molecule has 4 aromatic rings. The van der Waals surface area contributed by atoms with Crippen molar-refractivity contribution in [1.29, 1.82) is 0 Å². The summed E-state index contributed by atoms with van der Waals surface area (Å²) < 4.78 is 6.42. The first-order valence-corrected chi connectivity index (χ1v) is 11.4. The second-order valence-electron chi connectivity index (χ2n) is 8.42. The quantitative estimate of drug-likeness (QED) is 0.441. The predicted molar refractivity (Wildman–Crippen MR) is 130 cm³/mol. The maximum absolute atomic E-state index is 13.1. The molecule has 3 aromatic heterocycles. The number of carbonyl (C=O) groups excluding carboxylic acids is 2. The third-order valence-electron chi connectivity index (χ3n) is 6.09. The molecular weight excluding hydrogens is 448 g/mol. The van der Waals surface area contributed by atoms with Crippen LogP contribution < -0.4 is 10.6 Å². The summed E-state index contributed by atoms with van der Waals surface area (Å²) in [5.41, 5.74) is 5.22. The molecule has 2 N–H and O–H groups in total. The Morgan fingerprint density at radius 1 is 1.14 bits per heavy atom. The van der Waals surface area contributed by atoms with Crippen LogP contribution in [0.25, 0.3) is 11.2 Å². The van der Waals surface area contributed by atoms with Crippen molar-refractivity contribution >= 4 is 28.9 Å². The van der Waals surface area contributed by atoms with E-state index in [1.54, 1.807) is 21.8 Å². The minimum atomic E-state index is -0.336. The molecule has 1 aliphatic heterocycles. The highest BCUT2D eigenvalue weighted by Crippen LogP contribution is 2.27. The lowest BCUT2D eigenvalue weighted by atomic mass is 9.98. The minimum absolute atomic E-state index is 0.121. The molecule has 1 aromatic carbocycles. The van der Waals surface area contributed by atoms with Crippen LogP contribution >= 0.6 is 0 Å². The van der Waals surface area contributed by atoms with Gasteiger partial charge in [-0.3, -0.25) is 4.79 Å². The summed E-state index contributed by atoms with van der Waals surface area (Å²) in [7, 11) is 1.37. The fourth-order valence-corrected chi connectivity index (χ4v) is 4.06. The number of aryl methyl sites for hydroxylation is 1. The number of methoxy groups -OCH3 is 1. The number of anilines is 2. The van der Waals surface area contributed by atoms with Crippen molar-refractivity contribution in [3.63, 3.8) is 0 Å². The Balaban J connectivity index is 1.34. The summed E-state index contributed by atoms with van der Waals surface area (Å²) in [5.74, 6) is -0.129. The Bertz CT molecular complexity index is 1400. The lowest BCUT2D eigenvalue weighted by Crippen LogP contribution is -2.48. The van der Waals surface area contributed by atoms with E-state index < -0.39 is 0 Å². The maximum atomic E-state index is 13.1. The zero-order chi connectivity index (χ0) is 24.5. The van der Waals surface area contributed by atoms with Crippen LogP contribution in [0.4, 0.5) is 16.2 Å². The predicted octanol–water partition coefficient (Wildman–Crippen LogP) is 3.07. The molecule has 5 rings (SSSR count). The van der Waals surface area contributed by atoms with Gasteiger partial charge in [-0.25, -0.2) is 9.31 Å². The molecule has 0 aliphatic carbocycles. The number of aromatic nitrogens is 5. The number of likely N-dealkylation sites (tertiary alicyclic amines) is 1. The molecular formula is C24H26N8O3. The Hall–Kier alpha value is -4.41. The number of pyridine rings is 1. The molecule has 1 fully saturated rings. The van der Waals surface area contributed by atoms with Crippen LogP contribution in [0.5, 0.6) is 0 Å². The number of nitrogens with one attached hydrogen (secondary N) is 2. The topological polar surface area (TPSA) is 119 Å². The monoisotopic (exact) mass is 474 g/mol. The Morgan fingerprint density at radius 2 is 1.97 bits per heavy atom. The second kappa shape index (κ2) is 9.09. The number of amides is 2. The third kappa shape index (κ3) is 4.27. The third-order valence-corrected chi connectivity index (χ3v) is 6.09. The number of nitrogens with zero attached hydrogens (tertiary/aromatic N) is 6. The smallest absolute Gasteiger partial charge is 0.409 e. The summed E-state index contributed by atoms with van der Waals surface area (Å²) >= 11 is 0. The normalized spacial score (nSPS) is 13.5. The van der Waals surface area contributed by atoms with Crippen LogP contribution in [0.2, 0.25) is 0 Å². The molecule has 180 valence electrons. The molecule has 1 aliphatic rings. The van der Waals surface area contributed by atoms with Crippen LogP contribution in [-0.4, -0.2) is 68.3 Å². The van der Waals surface area contributed by atoms with E-state index in [1.165, 1.54) is 11.9 Å². The second-order valence-corrected chi connectivity index (χ2v) is 8.42. The van der Waals surface area contributed by atoms with Gasteiger partial charge in [-0.2, -0.15) is 20.1 Å². The van der Waals surface area contributed by atoms with Crippen molar-refractivity contribution in [3.8, 4) is 5.69 Å². The molecule has 2 amide bonds. The molecule has 0 radical (unpaired) electrons. The average Bonchev–Trinajstić information content (AvgIpc) is 3.47. The van der Waals surface area contributed by atoms with Crippen molar-refractivity contribution in [2.75, 3.05) is 37.4 Å². The van der Waals surface area contributed by atoms with E-state index in [-0.39, 0.29) is 17.9 Å². The first-order chi connectivity index (χ1) is 17.0. The van der Waals surface area contributed by atoms with Gasteiger partial charge in [0.2, 0.25) is 0 Å². The fraction of sp³-hybridized carbons (Fsp3) is 0.292. The van der Waals surface area contributed by atoms with Gasteiger partial charge in [0.1, 0.15) is 0 Å². The van der Waals surface area contributed by atoms with E-state index in [1.807, 2.05) is 50.4 Å². The molecule has 11 nitrogen and oxygen atoms in total. The zero-order valence-corrected chi connectivity index (χ0v) is 19.7. The molecule has 0 bridgehead atoms. The lowest BCUT2D eigenvalue weighted by Gasteiger charge is -2.36. The summed E-state index contributed by atoms with van der Waals surface area (Å²) in [6.07, 6.45) is 4.76. The summed E-state index contributed by atoms with van der Waals surface area (Å²) in [6, 6.07) is 9.48. The largest absolute Gasteiger partial charge is 0.453 e. The van der Waals surface area contributed by atoms with Gasteiger partial charge in [-0.15, -0.1) is 0 Å². The van der Waals surface area contributed by atoms with Gasteiger partial charge in [0, 0.05) is 43.1 Å². The van der Waals surface area contributed by atoms with E-state index in [4.69, 9.17) is 4.74 Å². The molecule has 0 atom stereocenters. The van der Waals surface area contributed by atoms with E-state index in [0.29, 0.717) is 24.3 Å². The van der Waals surface area contributed by atoms with Crippen LogP contribution in [0.3, 0.4) is 0 Å². The lowest BCUT2D eigenvalue weighted by molar-refractivity contribution is 0.0871. The molecule has 0 saturated carbocycles. The number of hydrogen-bond acceptors (Lipinski definition) is 7. The van der Waals surface area contributed by atoms with Crippen molar-refractivity contribution in [1.82, 2.24) is 29.5 Å². The number of carbonyl (C=O) groups is 2. The first kappa shape index (κ1) is 22.4. The van der Waals surface area contributed by atoms with E-state index in [0.717, 1.165) is 34.7 Å². The highest BCUT2D eigenvalue weighted by Gasteiger charge is 2.34. The zero-order valence-electron chi connectivity index (χ0n) is 19.7. The number of fused-ring (bicyclic) bond motifs is 1.